The minimum Gasteiger partial charge on any atom is -0.444 e. The van der Waals surface area contributed by atoms with Gasteiger partial charge in [-0.25, -0.2) is 4.79 Å². The average Bonchev–Trinajstić information content (AvgIpc) is 2.49. The van der Waals surface area contributed by atoms with E-state index in [-0.39, 0.29) is 6.09 Å². The van der Waals surface area contributed by atoms with Crippen LogP contribution in [0.1, 0.15) is 20.8 Å². The van der Waals surface area contributed by atoms with E-state index in [0.717, 1.165) is 13.1 Å². The quantitative estimate of drug-likeness (QED) is 0.564. The molecule has 0 aliphatic carbocycles. The van der Waals surface area contributed by atoms with Crippen molar-refractivity contribution in [1.82, 2.24) is 9.80 Å². The Morgan fingerprint density at radius 1 is 1.30 bits per heavy atom. The van der Waals surface area contributed by atoms with Crippen molar-refractivity contribution in [2.45, 2.75) is 26.4 Å². The van der Waals surface area contributed by atoms with E-state index in [1.165, 1.54) is 0 Å². The van der Waals surface area contributed by atoms with Crippen molar-refractivity contribution < 1.29 is 19.0 Å². The van der Waals surface area contributed by atoms with Crippen LogP contribution >= 0.6 is 0 Å². The summed E-state index contributed by atoms with van der Waals surface area (Å²) >= 11 is 0. The molecule has 1 saturated heterocycles. The maximum Gasteiger partial charge on any atom is 0.410 e. The molecule has 1 aliphatic rings. The molecule has 0 atom stereocenters. The Morgan fingerprint density at radius 3 is 2.52 bits per heavy atom. The maximum absolute atomic E-state index is 12.2. The van der Waals surface area contributed by atoms with Crippen molar-refractivity contribution in [2.75, 3.05) is 59.7 Å². The van der Waals surface area contributed by atoms with Gasteiger partial charge < -0.3 is 29.7 Å². The molecular weight excluding hydrogens is 300 g/mol. The summed E-state index contributed by atoms with van der Waals surface area (Å²) in [6.45, 7) is 10.1. The number of aliphatic imine (C=N–C) groups is 1. The maximum atomic E-state index is 12.2. The molecule has 0 unspecified atom stereocenters. The summed E-state index contributed by atoms with van der Waals surface area (Å²) in [6.07, 6.45) is -0.366. The van der Waals surface area contributed by atoms with E-state index in [9.17, 15) is 4.79 Å². The fourth-order valence-corrected chi connectivity index (χ4v) is 2.00. The summed E-state index contributed by atoms with van der Waals surface area (Å²) < 4.78 is 15.7. The number of hydrogen-bond donors (Lipinski definition) is 1. The van der Waals surface area contributed by atoms with Crippen LogP contribution in [0.3, 0.4) is 0 Å². The molecule has 2 N–H and O–H groups in total. The number of guanidine groups is 1. The molecule has 0 aromatic rings. The number of ether oxygens (including phenoxy) is 3. The van der Waals surface area contributed by atoms with Crippen molar-refractivity contribution in [1.29, 1.82) is 0 Å². The standard InChI is InChI=1S/C15H30N4O4/c1-15(2,3)23-14(20)19(7-10-21-4)6-5-17-13(16)18-8-11-22-12-9-18/h5-12H2,1-4H3,(H2,16,17). The molecule has 0 aromatic heterocycles. The van der Waals surface area contributed by atoms with Gasteiger partial charge in [-0.15, -0.1) is 0 Å². The van der Waals surface area contributed by atoms with Crippen molar-refractivity contribution in [3.63, 3.8) is 0 Å². The zero-order valence-electron chi connectivity index (χ0n) is 14.7. The second kappa shape index (κ2) is 9.57. The van der Waals surface area contributed by atoms with E-state index in [1.54, 1.807) is 12.0 Å². The molecule has 0 aromatic carbocycles. The number of amides is 1. The van der Waals surface area contributed by atoms with Gasteiger partial charge in [-0.05, 0) is 20.8 Å². The molecule has 23 heavy (non-hydrogen) atoms. The van der Waals surface area contributed by atoms with Crippen LogP contribution < -0.4 is 5.73 Å². The number of rotatable bonds is 6. The lowest BCUT2D eigenvalue weighted by Gasteiger charge is -2.28. The molecule has 8 nitrogen and oxygen atoms in total. The lowest BCUT2D eigenvalue weighted by atomic mass is 10.2. The summed E-state index contributed by atoms with van der Waals surface area (Å²) in [6, 6.07) is 0. The predicted molar refractivity (Wildman–Crippen MR) is 88.6 cm³/mol. The number of carbonyl (C=O) groups excluding carboxylic acids is 1. The summed E-state index contributed by atoms with van der Waals surface area (Å²) in [5.74, 6) is 0.490. The van der Waals surface area contributed by atoms with E-state index in [1.807, 2.05) is 25.7 Å². The van der Waals surface area contributed by atoms with E-state index in [2.05, 4.69) is 4.99 Å². The highest BCUT2D eigenvalue weighted by Crippen LogP contribution is 2.09. The lowest BCUT2D eigenvalue weighted by molar-refractivity contribution is 0.0208. The van der Waals surface area contributed by atoms with Crippen LogP contribution in [0.5, 0.6) is 0 Å². The zero-order valence-corrected chi connectivity index (χ0v) is 14.7. The van der Waals surface area contributed by atoms with Crippen LogP contribution in [0.2, 0.25) is 0 Å². The van der Waals surface area contributed by atoms with Crippen LogP contribution in [0.4, 0.5) is 4.79 Å². The topological polar surface area (TPSA) is 89.6 Å². The molecule has 134 valence electrons. The summed E-state index contributed by atoms with van der Waals surface area (Å²) in [5.41, 5.74) is 5.44. The monoisotopic (exact) mass is 330 g/mol. The number of carbonyl (C=O) groups is 1. The lowest BCUT2D eigenvalue weighted by Crippen LogP contribution is -2.45. The first-order chi connectivity index (χ1) is 10.8. The van der Waals surface area contributed by atoms with Gasteiger partial charge in [0.25, 0.3) is 0 Å². The second-order valence-corrected chi connectivity index (χ2v) is 6.30. The van der Waals surface area contributed by atoms with Gasteiger partial charge in [-0.1, -0.05) is 0 Å². The molecule has 1 rings (SSSR count). The van der Waals surface area contributed by atoms with Crippen molar-refractivity contribution in [3.8, 4) is 0 Å². The Labute approximate surface area is 138 Å². The number of methoxy groups -OCH3 is 1. The molecule has 1 fully saturated rings. The largest absolute Gasteiger partial charge is 0.444 e. The third-order valence-electron chi connectivity index (χ3n) is 3.20. The highest BCUT2D eigenvalue weighted by atomic mass is 16.6. The van der Waals surface area contributed by atoms with Crippen LogP contribution in [-0.2, 0) is 14.2 Å². The van der Waals surface area contributed by atoms with Crippen molar-refractivity contribution in [3.05, 3.63) is 0 Å². The Hall–Kier alpha value is -1.54. The van der Waals surface area contributed by atoms with E-state index < -0.39 is 5.60 Å². The highest BCUT2D eigenvalue weighted by Gasteiger charge is 2.21. The first-order valence-corrected chi connectivity index (χ1v) is 7.93. The minimum atomic E-state index is -0.529. The van der Waals surface area contributed by atoms with Crippen molar-refractivity contribution >= 4 is 12.1 Å². The third-order valence-corrected chi connectivity index (χ3v) is 3.20. The molecule has 1 heterocycles. The molecule has 0 spiro atoms. The van der Waals surface area contributed by atoms with Gasteiger partial charge >= 0.3 is 6.09 Å². The van der Waals surface area contributed by atoms with Gasteiger partial charge in [0.05, 0.1) is 26.4 Å². The van der Waals surface area contributed by atoms with Crippen LogP contribution in [-0.4, -0.2) is 87.1 Å². The molecule has 0 radical (unpaired) electrons. The molecule has 1 aliphatic heterocycles. The smallest absolute Gasteiger partial charge is 0.410 e. The van der Waals surface area contributed by atoms with Crippen LogP contribution in [0.15, 0.2) is 4.99 Å². The van der Waals surface area contributed by atoms with Crippen LogP contribution in [0, 0.1) is 0 Å². The second-order valence-electron chi connectivity index (χ2n) is 6.30. The zero-order chi connectivity index (χ0) is 17.3. The SMILES string of the molecule is COCCN(CCN=C(N)N1CCOCC1)C(=O)OC(C)(C)C. The first kappa shape index (κ1) is 19.5. The highest BCUT2D eigenvalue weighted by molar-refractivity contribution is 5.78. The number of hydrogen-bond acceptors (Lipinski definition) is 5. The van der Waals surface area contributed by atoms with Gasteiger partial charge in [-0.2, -0.15) is 0 Å². The normalized spacial score (nSPS) is 16.3. The Kier molecular flexibility index (Phi) is 8.11. The number of nitrogens with two attached hydrogens (primary N) is 1. The Bertz CT molecular complexity index is 389. The first-order valence-electron chi connectivity index (χ1n) is 7.93. The van der Waals surface area contributed by atoms with Gasteiger partial charge in [0.2, 0.25) is 0 Å². The fourth-order valence-electron chi connectivity index (χ4n) is 2.00. The fraction of sp³-hybridized carbons (Fsp3) is 0.867. The number of morpholine rings is 1. The van der Waals surface area contributed by atoms with Gasteiger partial charge in [0.15, 0.2) is 5.96 Å². The molecule has 0 bridgehead atoms. The summed E-state index contributed by atoms with van der Waals surface area (Å²) in [7, 11) is 1.60. The van der Waals surface area contributed by atoms with Gasteiger partial charge in [0, 0.05) is 33.3 Å². The minimum absolute atomic E-state index is 0.366. The molecular formula is C15H30N4O4. The summed E-state index contributed by atoms with van der Waals surface area (Å²) in [4.78, 5) is 20.1. The van der Waals surface area contributed by atoms with E-state index in [4.69, 9.17) is 19.9 Å². The Morgan fingerprint density at radius 2 is 1.96 bits per heavy atom. The van der Waals surface area contributed by atoms with E-state index >= 15 is 0 Å². The van der Waals surface area contributed by atoms with Gasteiger partial charge in [-0.3, -0.25) is 4.99 Å². The van der Waals surface area contributed by atoms with Crippen molar-refractivity contribution in [2.24, 2.45) is 10.7 Å². The Balaban J connectivity index is 2.50. The predicted octanol–water partition coefficient (Wildman–Crippen LogP) is 0.517. The third kappa shape index (κ3) is 8.03. The number of nitrogens with zero attached hydrogens (tertiary/aromatic N) is 3. The summed E-state index contributed by atoms with van der Waals surface area (Å²) in [5, 5.41) is 0. The molecule has 1 amide bonds. The molecule has 0 saturated carbocycles. The van der Waals surface area contributed by atoms with Crippen LogP contribution in [0.25, 0.3) is 0 Å². The van der Waals surface area contributed by atoms with Gasteiger partial charge in [0.1, 0.15) is 5.60 Å². The molecule has 8 heteroatoms. The van der Waals surface area contributed by atoms with E-state index in [0.29, 0.717) is 45.4 Å². The average molecular weight is 330 g/mol.